The van der Waals surface area contributed by atoms with Gasteiger partial charge in [-0.2, -0.15) is 0 Å². The molecular formula is C20H20N2O. The third-order valence-corrected chi connectivity index (χ3v) is 3.32. The van der Waals surface area contributed by atoms with Gasteiger partial charge in [0.15, 0.2) is 0 Å². The van der Waals surface area contributed by atoms with Crippen molar-refractivity contribution in [1.29, 1.82) is 0 Å². The Kier molecular flexibility index (Phi) is 5.26. The van der Waals surface area contributed by atoms with Gasteiger partial charge in [-0.15, -0.1) is 0 Å². The minimum atomic E-state index is -0.144. The maximum atomic E-state index is 12.5. The lowest BCUT2D eigenvalue weighted by atomic mass is 10.0. The van der Waals surface area contributed by atoms with Gasteiger partial charge >= 0.3 is 0 Å². The van der Waals surface area contributed by atoms with Crippen molar-refractivity contribution < 1.29 is 4.79 Å². The Morgan fingerprint density at radius 3 is 2.70 bits per heavy atom. The average molecular weight is 304 g/mol. The van der Waals surface area contributed by atoms with Crippen molar-refractivity contribution in [1.82, 2.24) is 10.3 Å². The molecule has 0 aliphatic heterocycles. The minimum absolute atomic E-state index is 0.144. The van der Waals surface area contributed by atoms with E-state index >= 15 is 0 Å². The van der Waals surface area contributed by atoms with Gasteiger partial charge in [-0.05, 0) is 24.6 Å². The van der Waals surface area contributed by atoms with Gasteiger partial charge in [0.05, 0.1) is 16.8 Å². The second-order valence-corrected chi connectivity index (χ2v) is 5.27. The van der Waals surface area contributed by atoms with Crippen molar-refractivity contribution in [2.24, 2.45) is 0 Å². The first kappa shape index (κ1) is 16.4. The molecule has 1 aromatic carbocycles. The third-order valence-electron chi connectivity index (χ3n) is 3.32. The quantitative estimate of drug-likeness (QED) is 0.639. The van der Waals surface area contributed by atoms with Crippen LogP contribution in [0.4, 0.5) is 0 Å². The molecule has 0 atom stereocenters. The predicted octanol–water partition coefficient (Wildman–Crippen LogP) is 4.30. The van der Waals surface area contributed by atoms with E-state index in [1.54, 1.807) is 18.2 Å². The molecule has 1 heterocycles. The van der Waals surface area contributed by atoms with E-state index in [-0.39, 0.29) is 5.91 Å². The highest BCUT2D eigenvalue weighted by Crippen LogP contribution is 2.23. The molecule has 2 aromatic rings. The van der Waals surface area contributed by atoms with E-state index in [9.17, 15) is 4.79 Å². The molecular weight excluding hydrogens is 284 g/mol. The van der Waals surface area contributed by atoms with Crippen molar-refractivity contribution in [3.8, 4) is 0 Å². The van der Waals surface area contributed by atoms with Crippen LogP contribution in [0.5, 0.6) is 0 Å². The number of amides is 1. The summed E-state index contributed by atoms with van der Waals surface area (Å²) in [6.45, 7) is 13.6. The highest BCUT2D eigenvalue weighted by molar-refractivity contribution is 6.07. The summed E-state index contributed by atoms with van der Waals surface area (Å²) in [5.41, 5.74) is 3.76. The molecule has 0 saturated heterocycles. The molecule has 116 valence electrons. The number of pyridine rings is 1. The van der Waals surface area contributed by atoms with Crippen LogP contribution in [0.25, 0.3) is 16.5 Å². The lowest BCUT2D eigenvalue weighted by molar-refractivity contribution is 0.0958. The summed E-state index contributed by atoms with van der Waals surface area (Å²) in [4.78, 5) is 17.2. The molecule has 0 radical (unpaired) electrons. The average Bonchev–Trinajstić information content (AvgIpc) is 2.56. The summed E-state index contributed by atoms with van der Waals surface area (Å²) in [5, 5.41) is 3.69. The zero-order valence-electron chi connectivity index (χ0n) is 13.3. The first-order valence-corrected chi connectivity index (χ1v) is 7.34. The van der Waals surface area contributed by atoms with Crippen LogP contribution < -0.4 is 5.32 Å². The lowest BCUT2D eigenvalue weighted by Crippen LogP contribution is -2.25. The Labute approximate surface area is 136 Å². The largest absolute Gasteiger partial charge is 0.348 e. The van der Waals surface area contributed by atoms with Crippen LogP contribution in [-0.4, -0.2) is 17.4 Å². The Bertz CT molecular complexity index is 816. The van der Waals surface area contributed by atoms with Gasteiger partial charge in [0, 0.05) is 11.9 Å². The maximum Gasteiger partial charge on any atom is 0.252 e. The van der Waals surface area contributed by atoms with Crippen LogP contribution in [0, 0.1) is 0 Å². The number of para-hydroxylation sites is 1. The highest BCUT2D eigenvalue weighted by Gasteiger charge is 2.13. The summed E-state index contributed by atoms with van der Waals surface area (Å²) in [5.74, 6) is -0.144. The zero-order valence-corrected chi connectivity index (χ0v) is 13.3. The number of rotatable bonds is 6. The molecule has 0 saturated carbocycles. The van der Waals surface area contributed by atoms with Gasteiger partial charge in [0.2, 0.25) is 0 Å². The van der Waals surface area contributed by atoms with Crippen LogP contribution in [0.1, 0.15) is 23.0 Å². The van der Waals surface area contributed by atoms with Gasteiger partial charge in [-0.1, -0.05) is 61.7 Å². The Morgan fingerprint density at radius 2 is 2.04 bits per heavy atom. The molecule has 2 rings (SSSR count). The van der Waals surface area contributed by atoms with Crippen molar-refractivity contribution >= 4 is 22.4 Å². The first-order valence-electron chi connectivity index (χ1n) is 7.34. The van der Waals surface area contributed by atoms with Crippen molar-refractivity contribution in [2.75, 3.05) is 6.54 Å². The maximum absolute atomic E-state index is 12.5. The zero-order chi connectivity index (χ0) is 16.8. The fourth-order valence-corrected chi connectivity index (χ4v) is 2.22. The smallest absolute Gasteiger partial charge is 0.252 e. The number of hydrogen-bond donors (Lipinski definition) is 1. The van der Waals surface area contributed by atoms with Crippen molar-refractivity contribution in [3.05, 3.63) is 85.1 Å². The summed E-state index contributed by atoms with van der Waals surface area (Å²) in [6, 6.07) is 9.37. The summed E-state index contributed by atoms with van der Waals surface area (Å²) >= 11 is 0. The number of aromatic nitrogens is 1. The fraction of sp³-hybridized carbons (Fsp3) is 0.100. The second-order valence-electron chi connectivity index (χ2n) is 5.27. The highest BCUT2D eigenvalue weighted by atomic mass is 16.1. The van der Waals surface area contributed by atoms with Gasteiger partial charge < -0.3 is 5.32 Å². The Hall–Kier alpha value is -2.94. The van der Waals surface area contributed by atoms with Crippen LogP contribution in [-0.2, 0) is 0 Å². The van der Waals surface area contributed by atoms with Gasteiger partial charge in [-0.25, -0.2) is 4.98 Å². The van der Waals surface area contributed by atoms with Crippen LogP contribution >= 0.6 is 0 Å². The van der Waals surface area contributed by atoms with Gasteiger partial charge in [0.1, 0.15) is 0 Å². The standard InChI is InChI=1S/C20H20N2O/c1-5-9-15(6-2)19-12-17(20(23)21-13-14(3)4)16-10-7-8-11-18(16)22-19/h5-12H,1-3,13H2,4H3,(H,21,23)/b15-9+. The molecule has 0 unspecified atom stereocenters. The predicted molar refractivity (Wildman–Crippen MR) is 97.3 cm³/mol. The third kappa shape index (κ3) is 3.83. The van der Waals surface area contributed by atoms with Crippen molar-refractivity contribution in [2.45, 2.75) is 6.92 Å². The number of fused-ring (bicyclic) bond motifs is 1. The fourth-order valence-electron chi connectivity index (χ4n) is 2.22. The SMILES string of the molecule is C=C/C=C(\C=C)c1cc(C(=O)NCC(=C)C)c2ccccc2n1. The first-order chi connectivity index (χ1) is 11.1. The second kappa shape index (κ2) is 7.36. The normalized spacial score (nSPS) is 11.1. The molecule has 0 aliphatic carbocycles. The number of allylic oxidation sites excluding steroid dienone is 4. The van der Waals surface area contributed by atoms with Gasteiger partial charge in [-0.3, -0.25) is 4.79 Å². The number of hydrogen-bond acceptors (Lipinski definition) is 2. The molecule has 3 nitrogen and oxygen atoms in total. The molecule has 1 amide bonds. The van der Waals surface area contributed by atoms with Crippen LogP contribution in [0.3, 0.4) is 0 Å². The molecule has 1 aromatic heterocycles. The van der Waals surface area contributed by atoms with Crippen molar-refractivity contribution in [3.63, 3.8) is 0 Å². The Morgan fingerprint density at radius 1 is 1.30 bits per heavy atom. The minimum Gasteiger partial charge on any atom is -0.348 e. The number of nitrogens with zero attached hydrogens (tertiary/aromatic N) is 1. The number of carbonyl (C=O) groups excluding carboxylic acids is 1. The van der Waals surface area contributed by atoms with E-state index in [1.165, 1.54) is 0 Å². The molecule has 1 N–H and O–H groups in total. The van der Waals surface area contributed by atoms with E-state index in [4.69, 9.17) is 0 Å². The molecule has 0 fully saturated rings. The van der Waals surface area contributed by atoms with Crippen LogP contribution in [0.2, 0.25) is 0 Å². The lowest BCUT2D eigenvalue weighted by Gasteiger charge is -2.11. The van der Waals surface area contributed by atoms with Gasteiger partial charge in [0.25, 0.3) is 5.91 Å². The summed E-state index contributed by atoms with van der Waals surface area (Å²) in [7, 11) is 0. The molecule has 0 bridgehead atoms. The molecule has 0 aliphatic rings. The summed E-state index contributed by atoms with van der Waals surface area (Å²) in [6.07, 6.45) is 5.20. The molecule has 0 spiro atoms. The number of carbonyl (C=O) groups is 1. The molecule has 3 heteroatoms. The van der Waals surface area contributed by atoms with E-state index in [1.807, 2.05) is 37.3 Å². The van der Waals surface area contributed by atoms with E-state index in [2.05, 4.69) is 30.0 Å². The van der Waals surface area contributed by atoms with E-state index < -0.39 is 0 Å². The topological polar surface area (TPSA) is 42.0 Å². The monoisotopic (exact) mass is 304 g/mol. The molecule has 23 heavy (non-hydrogen) atoms. The van der Waals surface area contributed by atoms with E-state index in [0.717, 1.165) is 22.0 Å². The Balaban J connectivity index is 2.59. The number of benzene rings is 1. The van der Waals surface area contributed by atoms with E-state index in [0.29, 0.717) is 17.8 Å². The van der Waals surface area contributed by atoms with Crippen LogP contribution in [0.15, 0.2) is 73.9 Å². The number of nitrogens with one attached hydrogen (secondary N) is 1. The summed E-state index contributed by atoms with van der Waals surface area (Å²) < 4.78 is 0.